The van der Waals surface area contributed by atoms with Crippen LogP contribution in [0.1, 0.15) is 28.8 Å². The maximum atomic E-state index is 13.6. The lowest BCUT2D eigenvalue weighted by molar-refractivity contribution is -0.127. The molecule has 1 heterocycles. The molecule has 2 aromatic carbocycles. The molecule has 3 rings (SSSR count). The molecule has 1 saturated heterocycles. The topological polar surface area (TPSA) is 37.4 Å². The van der Waals surface area contributed by atoms with Crippen LogP contribution in [0.15, 0.2) is 60.7 Å². The molecule has 2 aromatic rings. The van der Waals surface area contributed by atoms with Crippen molar-refractivity contribution in [3.8, 4) is 0 Å². The third-order valence-electron chi connectivity index (χ3n) is 4.55. The summed E-state index contributed by atoms with van der Waals surface area (Å²) in [5.41, 5.74) is 1.12. The van der Waals surface area contributed by atoms with Crippen LogP contribution in [-0.2, 0) is 4.79 Å². The van der Waals surface area contributed by atoms with Crippen molar-refractivity contribution in [2.75, 3.05) is 13.1 Å². The number of ketones is 1. The number of rotatable bonds is 4. The number of likely N-dealkylation sites (tertiary alicyclic amines) is 1. The van der Waals surface area contributed by atoms with E-state index in [1.54, 1.807) is 23.1 Å². The SMILES string of the molecule is O=C(c1ccccc1)C1CCN(C(=O)C=Cc2ccccc2F)CC1. The summed E-state index contributed by atoms with van der Waals surface area (Å²) < 4.78 is 13.6. The van der Waals surface area contributed by atoms with Gasteiger partial charge in [-0.3, -0.25) is 9.59 Å². The Labute approximate surface area is 146 Å². The molecule has 0 atom stereocenters. The molecule has 1 fully saturated rings. The van der Waals surface area contributed by atoms with E-state index in [0.29, 0.717) is 31.5 Å². The highest BCUT2D eigenvalue weighted by Gasteiger charge is 2.27. The first kappa shape index (κ1) is 17.1. The number of benzene rings is 2. The fraction of sp³-hybridized carbons (Fsp3) is 0.238. The highest BCUT2D eigenvalue weighted by molar-refractivity contribution is 5.98. The van der Waals surface area contributed by atoms with Crippen molar-refractivity contribution in [3.63, 3.8) is 0 Å². The average Bonchev–Trinajstić information content (AvgIpc) is 2.67. The molecule has 0 unspecified atom stereocenters. The molecule has 1 aliphatic heterocycles. The van der Waals surface area contributed by atoms with E-state index in [9.17, 15) is 14.0 Å². The third kappa shape index (κ3) is 4.21. The van der Waals surface area contributed by atoms with Gasteiger partial charge < -0.3 is 4.90 Å². The molecule has 3 nitrogen and oxygen atoms in total. The Kier molecular flexibility index (Phi) is 5.39. The largest absolute Gasteiger partial charge is 0.339 e. The minimum absolute atomic E-state index is 0.0398. The van der Waals surface area contributed by atoms with Gasteiger partial charge in [0.1, 0.15) is 5.82 Å². The quantitative estimate of drug-likeness (QED) is 0.625. The smallest absolute Gasteiger partial charge is 0.246 e. The molecule has 0 saturated carbocycles. The number of carbonyl (C=O) groups is 2. The summed E-state index contributed by atoms with van der Waals surface area (Å²) in [4.78, 5) is 26.4. The summed E-state index contributed by atoms with van der Waals surface area (Å²) in [5.74, 6) is -0.385. The first-order valence-corrected chi connectivity index (χ1v) is 8.46. The third-order valence-corrected chi connectivity index (χ3v) is 4.55. The fourth-order valence-corrected chi connectivity index (χ4v) is 3.08. The number of piperidine rings is 1. The molecule has 1 aliphatic rings. The average molecular weight is 337 g/mol. The molecule has 0 N–H and O–H groups in total. The Morgan fingerprint density at radius 3 is 2.28 bits per heavy atom. The summed E-state index contributed by atoms with van der Waals surface area (Å²) >= 11 is 0. The van der Waals surface area contributed by atoms with E-state index < -0.39 is 0 Å². The molecule has 0 aliphatic carbocycles. The van der Waals surface area contributed by atoms with E-state index in [1.807, 2.05) is 30.3 Å². The van der Waals surface area contributed by atoms with Crippen LogP contribution in [0.5, 0.6) is 0 Å². The van der Waals surface area contributed by atoms with E-state index in [0.717, 1.165) is 5.56 Å². The minimum Gasteiger partial charge on any atom is -0.339 e. The number of hydrogen-bond acceptors (Lipinski definition) is 2. The molecule has 0 bridgehead atoms. The zero-order valence-electron chi connectivity index (χ0n) is 13.9. The van der Waals surface area contributed by atoms with Crippen molar-refractivity contribution in [2.45, 2.75) is 12.8 Å². The Bertz CT molecular complexity index is 777. The van der Waals surface area contributed by atoms with Crippen LogP contribution in [0.2, 0.25) is 0 Å². The van der Waals surface area contributed by atoms with Crippen molar-refractivity contribution in [1.82, 2.24) is 4.90 Å². The molecule has 4 heteroatoms. The molecule has 0 spiro atoms. The van der Waals surface area contributed by atoms with Crippen LogP contribution in [-0.4, -0.2) is 29.7 Å². The van der Waals surface area contributed by atoms with Gasteiger partial charge in [-0.1, -0.05) is 48.5 Å². The Hall–Kier alpha value is -2.75. The van der Waals surface area contributed by atoms with Crippen molar-refractivity contribution < 1.29 is 14.0 Å². The monoisotopic (exact) mass is 337 g/mol. The van der Waals surface area contributed by atoms with E-state index in [-0.39, 0.29) is 23.4 Å². The normalized spacial score (nSPS) is 15.5. The number of carbonyl (C=O) groups excluding carboxylic acids is 2. The van der Waals surface area contributed by atoms with Crippen molar-refractivity contribution in [1.29, 1.82) is 0 Å². The maximum absolute atomic E-state index is 13.6. The number of amides is 1. The number of halogens is 1. The van der Waals surface area contributed by atoms with Crippen LogP contribution in [0, 0.1) is 11.7 Å². The second-order valence-electron chi connectivity index (χ2n) is 6.18. The fourth-order valence-electron chi connectivity index (χ4n) is 3.08. The van der Waals surface area contributed by atoms with Crippen LogP contribution in [0.4, 0.5) is 4.39 Å². The van der Waals surface area contributed by atoms with Gasteiger partial charge in [-0.15, -0.1) is 0 Å². The van der Waals surface area contributed by atoms with Gasteiger partial charge in [0, 0.05) is 36.2 Å². The van der Waals surface area contributed by atoms with Crippen LogP contribution in [0.25, 0.3) is 6.08 Å². The molecular weight excluding hydrogens is 317 g/mol. The Balaban J connectivity index is 1.56. The van der Waals surface area contributed by atoms with Crippen LogP contribution >= 0.6 is 0 Å². The summed E-state index contributed by atoms with van der Waals surface area (Å²) in [6.07, 6.45) is 4.22. The van der Waals surface area contributed by atoms with Crippen molar-refractivity contribution >= 4 is 17.8 Å². The predicted molar refractivity (Wildman–Crippen MR) is 95.5 cm³/mol. The van der Waals surface area contributed by atoms with Gasteiger partial charge in [0.25, 0.3) is 0 Å². The summed E-state index contributed by atoms with van der Waals surface area (Å²) in [5, 5.41) is 0. The highest BCUT2D eigenvalue weighted by atomic mass is 19.1. The van der Waals surface area contributed by atoms with E-state index in [4.69, 9.17) is 0 Å². The zero-order valence-corrected chi connectivity index (χ0v) is 13.9. The molecule has 128 valence electrons. The molecular formula is C21H20FNO2. The minimum atomic E-state index is -0.348. The predicted octanol–water partition coefficient (Wildman–Crippen LogP) is 3.96. The molecule has 1 amide bonds. The van der Waals surface area contributed by atoms with E-state index in [2.05, 4.69) is 0 Å². The Morgan fingerprint density at radius 2 is 1.60 bits per heavy atom. The second-order valence-corrected chi connectivity index (χ2v) is 6.18. The Morgan fingerprint density at radius 1 is 0.960 bits per heavy atom. The lowest BCUT2D eigenvalue weighted by Crippen LogP contribution is -2.39. The summed E-state index contributed by atoms with van der Waals surface area (Å²) in [7, 11) is 0. The number of Topliss-reactive ketones (excluding diaryl/α,β-unsaturated/α-hetero) is 1. The summed E-state index contributed by atoms with van der Waals surface area (Å²) in [6.45, 7) is 1.09. The van der Waals surface area contributed by atoms with Crippen LogP contribution in [0.3, 0.4) is 0 Å². The lowest BCUT2D eigenvalue weighted by atomic mass is 9.89. The lowest BCUT2D eigenvalue weighted by Gasteiger charge is -2.30. The standard InChI is InChI=1S/C21H20FNO2/c22-19-9-5-4-6-16(19)10-11-20(24)23-14-12-18(13-15-23)21(25)17-7-2-1-3-8-17/h1-11,18H,12-15H2. The van der Waals surface area contributed by atoms with Gasteiger partial charge in [-0.2, -0.15) is 0 Å². The molecule has 0 aromatic heterocycles. The highest BCUT2D eigenvalue weighted by Crippen LogP contribution is 2.22. The van der Waals surface area contributed by atoms with Gasteiger partial charge in [-0.05, 0) is 25.0 Å². The number of hydrogen-bond donors (Lipinski definition) is 0. The van der Waals surface area contributed by atoms with Crippen LogP contribution < -0.4 is 0 Å². The van der Waals surface area contributed by atoms with Crippen molar-refractivity contribution in [3.05, 3.63) is 77.6 Å². The number of nitrogens with zero attached hydrogens (tertiary/aromatic N) is 1. The second kappa shape index (κ2) is 7.88. The van der Waals surface area contributed by atoms with Gasteiger partial charge >= 0.3 is 0 Å². The van der Waals surface area contributed by atoms with Crippen molar-refractivity contribution in [2.24, 2.45) is 5.92 Å². The maximum Gasteiger partial charge on any atom is 0.246 e. The molecule has 25 heavy (non-hydrogen) atoms. The summed E-state index contributed by atoms with van der Waals surface area (Å²) in [6, 6.07) is 15.6. The van der Waals surface area contributed by atoms with E-state index in [1.165, 1.54) is 18.2 Å². The van der Waals surface area contributed by atoms with Gasteiger partial charge in [0.15, 0.2) is 5.78 Å². The zero-order chi connectivity index (χ0) is 17.6. The first-order chi connectivity index (χ1) is 12.1. The van der Waals surface area contributed by atoms with E-state index >= 15 is 0 Å². The first-order valence-electron chi connectivity index (χ1n) is 8.46. The molecule has 0 radical (unpaired) electrons. The van der Waals surface area contributed by atoms with Gasteiger partial charge in [0.05, 0.1) is 0 Å². The van der Waals surface area contributed by atoms with Gasteiger partial charge in [0.2, 0.25) is 5.91 Å². The van der Waals surface area contributed by atoms with Gasteiger partial charge in [-0.25, -0.2) is 4.39 Å².